The number of unbranched alkanes of at least 4 members (excludes halogenated alkanes) is 2. The van der Waals surface area contributed by atoms with E-state index in [1.54, 1.807) is 0 Å². The van der Waals surface area contributed by atoms with Crippen LogP contribution in [0.4, 0.5) is 0 Å². The maximum Gasteiger partial charge on any atom is 0.314 e. The van der Waals surface area contributed by atoms with E-state index in [2.05, 4.69) is 26.0 Å². The van der Waals surface area contributed by atoms with E-state index in [-0.39, 0.29) is 35.5 Å². The van der Waals surface area contributed by atoms with Crippen molar-refractivity contribution in [2.24, 2.45) is 46.3 Å². The second kappa shape index (κ2) is 10.1. The Morgan fingerprint density at radius 3 is 2.62 bits per heavy atom. The fraction of sp³-hybridized carbons (Fsp3) is 0.815. The molecule has 3 rings (SSSR count). The number of carboxylic acid groups (broad SMARTS) is 1. The van der Waals surface area contributed by atoms with Gasteiger partial charge in [0.2, 0.25) is 0 Å². The molecule has 0 saturated heterocycles. The molecule has 7 unspecified atom stereocenters. The predicted octanol–water partition coefficient (Wildman–Crippen LogP) is 5.65. The van der Waals surface area contributed by atoms with Crippen molar-refractivity contribution in [3.8, 4) is 6.07 Å². The van der Waals surface area contributed by atoms with Crippen LogP contribution >= 0.6 is 0 Å². The summed E-state index contributed by atoms with van der Waals surface area (Å²) in [5.41, 5.74) is -1.08. The van der Waals surface area contributed by atoms with E-state index in [1.807, 2.05) is 13.8 Å². The standard InChI is InChI=1S/C27H41NO4/c1-5-6-10-32-11-8-7-9-22-19(4)21(16-28)13-24(22)26(17-29)14-20-12-23(18(2)3)27(26,15-20)25(30)31/h12,17-22,24H,5-11,13-15H2,1-4H3,(H,30,31). The fourth-order valence-corrected chi connectivity index (χ4v) is 7.45. The van der Waals surface area contributed by atoms with Crippen molar-refractivity contribution in [1.82, 2.24) is 0 Å². The molecule has 2 saturated carbocycles. The number of fused-ring (bicyclic) bond motifs is 2. The maximum atomic E-state index is 12.9. The smallest absolute Gasteiger partial charge is 0.314 e. The van der Waals surface area contributed by atoms with Crippen LogP contribution in [-0.2, 0) is 14.3 Å². The molecule has 0 radical (unpaired) electrons. The zero-order valence-electron chi connectivity index (χ0n) is 20.3. The third kappa shape index (κ3) is 3.94. The third-order valence-electron chi connectivity index (χ3n) is 8.95. The van der Waals surface area contributed by atoms with Gasteiger partial charge in [0.25, 0.3) is 0 Å². The van der Waals surface area contributed by atoms with Gasteiger partial charge in [-0.15, -0.1) is 0 Å². The van der Waals surface area contributed by atoms with Crippen molar-refractivity contribution >= 4 is 12.3 Å². The van der Waals surface area contributed by atoms with Gasteiger partial charge >= 0.3 is 5.97 Å². The first-order chi connectivity index (χ1) is 15.3. The van der Waals surface area contributed by atoms with E-state index in [0.29, 0.717) is 19.3 Å². The lowest BCUT2D eigenvalue weighted by molar-refractivity contribution is -0.160. The first-order valence-corrected chi connectivity index (χ1v) is 12.7. The van der Waals surface area contributed by atoms with Crippen molar-refractivity contribution in [1.29, 1.82) is 5.26 Å². The van der Waals surface area contributed by atoms with Gasteiger partial charge in [-0.3, -0.25) is 4.79 Å². The Labute approximate surface area is 193 Å². The summed E-state index contributed by atoms with van der Waals surface area (Å²) in [7, 11) is 0. The van der Waals surface area contributed by atoms with E-state index < -0.39 is 16.8 Å². The zero-order chi connectivity index (χ0) is 23.5. The third-order valence-corrected chi connectivity index (χ3v) is 8.95. The average molecular weight is 444 g/mol. The van der Waals surface area contributed by atoms with Crippen LogP contribution < -0.4 is 0 Å². The van der Waals surface area contributed by atoms with Crippen molar-refractivity contribution in [3.05, 3.63) is 11.6 Å². The summed E-state index contributed by atoms with van der Waals surface area (Å²) in [5.74, 6) is -0.384. The minimum absolute atomic E-state index is 0.0517. The largest absolute Gasteiger partial charge is 0.481 e. The highest BCUT2D eigenvalue weighted by Gasteiger charge is 2.71. The quantitative estimate of drug-likeness (QED) is 0.239. The van der Waals surface area contributed by atoms with Crippen LogP contribution in [0.3, 0.4) is 0 Å². The van der Waals surface area contributed by atoms with Crippen molar-refractivity contribution < 1.29 is 19.4 Å². The molecule has 5 heteroatoms. The Morgan fingerprint density at radius 2 is 2.03 bits per heavy atom. The van der Waals surface area contributed by atoms with Gasteiger partial charge in [0.05, 0.1) is 6.07 Å². The molecule has 2 fully saturated rings. The predicted molar refractivity (Wildman–Crippen MR) is 124 cm³/mol. The molecule has 0 aromatic heterocycles. The highest BCUT2D eigenvalue weighted by atomic mass is 16.5. The summed E-state index contributed by atoms with van der Waals surface area (Å²) < 4.78 is 5.71. The molecule has 0 heterocycles. The molecule has 3 aliphatic rings. The SMILES string of the molecule is CCCCOCCCCC1C(C)C(C#N)CC1C1(C=O)CC2C=C(C(C)C)C1(C(=O)O)C2. The normalized spacial score (nSPS) is 38.1. The molecule has 0 aromatic rings. The Hall–Kier alpha value is -1.67. The van der Waals surface area contributed by atoms with Crippen LogP contribution in [0.2, 0.25) is 0 Å². The molecule has 7 atom stereocenters. The number of carbonyl (C=O) groups excluding carboxylic acids is 1. The number of carbonyl (C=O) groups is 2. The van der Waals surface area contributed by atoms with Crippen molar-refractivity contribution in [2.75, 3.05) is 13.2 Å². The lowest BCUT2D eigenvalue weighted by Crippen LogP contribution is -2.53. The number of carboxylic acids is 1. The summed E-state index contributed by atoms with van der Waals surface area (Å²) in [6, 6.07) is 2.48. The van der Waals surface area contributed by atoms with Gasteiger partial charge in [0, 0.05) is 24.5 Å². The van der Waals surface area contributed by atoms with E-state index in [1.165, 1.54) is 0 Å². The molecule has 0 aliphatic heterocycles. The van der Waals surface area contributed by atoms with E-state index in [9.17, 15) is 20.0 Å². The molecule has 32 heavy (non-hydrogen) atoms. The van der Waals surface area contributed by atoms with E-state index in [4.69, 9.17) is 4.74 Å². The van der Waals surface area contributed by atoms with Gasteiger partial charge in [-0.2, -0.15) is 5.26 Å². The molecule has 1 N–H and O–H groups in total. The summed E-state index contributed by atoms with van der Waals surface area (Å²) >= 11 is 0. The van der Waals surface area contributed by atoms with Crippen LogP contribution in [0.15, 0.2) is 11.6 Å². The topological polar surface area (TPSA) is 87.4 Å². The number of nitrogens with zero attached hydrogens (tertiary/aromatic N) is 1. The molecule has 0 spiro atoms. The Bertz CT molecular complexity index is 768. The van der Waals surface area contributed by atoms with Crippen molar-refractivity contribution in [3.63, 3.8) is 0 Å². The van der Waals surface area contributed by atoms with E-state index in [0.717, 1.165) is 57.2 Å². The summed E-state index contributed by atoms with van der Waals surface area (Å²) in [6.45, 7) is 9.91. The molecule has 0 amide bonds. The molecular formula is C27H41NO4. The van der Waals surface area contributed by atoms with E-state index >= 15 is 0 Å². The number of ether oxygens (including phenoxy) is 1. The van der Waals surface area contributed by atoms with Gasteiger partial charge < -0.3 is 14.6 Å². The number of allylic oxidation sites excluding steroid dienone is 1. The van der Waals surface area contributed by atoms with Crippen LogP contribution in [0, 0.1) is 57.7 Å². The van der Waals surface area contributed by atoms with Crippen molar-refractivity contribution in [2.45, 2.75) is 79.1 Å². The number of aliphatic carboxylic acids is 1. The first-order valence-electron chi connectivity index (χ1n) is 12.7. The molecule has 178 valence electrons. The Morgan fingerprint density at radius 1 is 1.31 bits per heavy atom. The average Bonchev–Trinajstić information content (AvgIpc) is 3.42. The molecule has 5 nitrogen and oxygen atoms in total. The van der Waals surface area contributed by atoms with Gasteiger partial charge in [0.15, 0.2) is 0 Å². The van der Waals surface area contributed by atoms with Gasteiger partial charge in [0.1, 0.15) is 11.7 Å². The zero-order valence-corrected chi connectivity index (χ0v) is 20.3. The highest BCUT2D eigenvalue weighted by molar-refractivity contribution is 5.88. The second-order valence-electron chi connectivity index (χ2n) is 10.9. The second-order valence-corrected chi connectivity index (χ2v) is 10.9. The Kier molecular flexibility index (Phi) is 7.86. The monoisotopic (exact) mass is 443 g/mol. The minimum atomic E-state index is -1.11. The summed E-state index contributed by atoms with van der Waals surface area (Å²) in [6.07, 6.45) is 10.0. The van der Waals surface area contributed by atoms with Crippen LogP contribution in [0.25, 0.3) is 0 Å². The number of hydrogen-bond acceptors (Lipinski definition) is 4. The first kappa shape index (κ1) is 25.0. The molecular weight excluding hydrogens is 402 g/mol. The lowest BCUT2D eigenvalue weighted by Gasteiger charge is -2.48. The molecule has 0 aromatic carbocycles. The number of nitriles is 1. The molecule has 2 bridgehead atoms. The summed E-state index contributed by atoms with van der Waals surface area (Å²) in [5, 5.41) is 20.4. The van der Waals surface area contributed by atoms with Crippen LogP contribution in [0.1, 0.15) is 79.1 Å². The number of hydrogen-bond donors (Lipinski definition) is 1. The van der Waals surface area contributed by atoms with Gasteiger partial charge in [-0.05, 0) is 68.1 Å². The Balaban J connectivity index is 1.85. The maximum absolute atomic E-state index is 12.9. The highest BCUT2D eigenvalue weighted by Crippen LogP contribution is 2.71. The number of aldehydes is 1. The fourth-order valence-electron chi connectivity index (χ4n) is 7.45. The lowest BCUT2D eigenvalue weighted by atomic mass is 9.52. The van der Waals surface area contributed by atoms with Crippen LogP contribution in [-0.4, -0.2) is 30.6 Å². The van der Waals surface area contributed by atoms with Crippen LogP contribution in [0.5, 0.6) is 0 Å². The summed E-state index contributed by atoms with van der Waals surface area (Å²) in [4.78, 5) is 25.8. The number of rotatable bonds is 12. The van der Waals surface area contributed by atoms with Gasteiger partial charge in [-0.25, -0.2) is 0 Å². The molecule has 3 aliphatic carbocycles. The van der Waals surface area contributed by atoms with Gasteiger partial charge in [-0.1, -0.05) is 52.2 Å². The minimum Gasteiger partial charge on any atom is -0.481 e.